The number of hydrogen-bond acceptors (Lipinski definition) is 4. The summed E-state index contributed by atoms with van der Waals surface area (Å²) in [6.07, 6.45) is 0. The molecule has 0 spiro atoms. The van der Waals surface area contributed by atoms with E-state index in [9.17, 15) is 13.2 Å². The molecule has 1 aliphatic heterocycles. The van der Waals surface area contributed by atoms with E-state index in [1.807, 2.05) is 6.07 Å². The number of carbonyl (C=O) groups is 1. The van der Waals surface area contributed by atoms with E-state index in [0.717, 1.165) is 0 Å². The zero-order chi connectivity index (χ0) is 18.7. The fourth-order valence-electron chi connectivity index (χ4n) is 2.81. The maximum Gasteiger partial charge on any atom is 0.253 e. The Balaban J connectivity index is 1.71. The highest BCUT2D eigenvalue weighted by atomic mass is 35.5. The Morgan fingerprint density at radius 3 is 2.38 bits per heavy atom. The standard InChI is InChI=1S/C18H16ClN3O3S/c19-16-5-2-4-15(12-16)18(23)21-7-9-22(10-8-21)26(24,25)17-6-1-3-14(11-17)13-20/h1-6,11-12H,7-10H2. The smallest absolute Gasteiger partial charge is 0.253 e. The molecule has 2 aromatic carbocycles. The molecule has 1 amide bonds. The van der Waals surface area contributed by atoms with Gasteiger partial charge in [0.25, 0.3) is 5.91 Å². The van der Waals surface area contributed by atoms with Crippen LogP contribution in [-0.2, 0) is 10.0 Å². The van der Waals surface area contributed by atoms with Gasteiger partial charge in [-0.05, 0) is 36.4 Å². The predicted molar refractivity (Wildman–Crippen MR) is 97.3 cm³/mol. The number of benzene rings is 2. The zero-order valence-electron chi connectivity index (χ0n) is 13.8. The molecule has 3 rings (SSSR count). The average molecular weight is 390 g/mol. The van der Waals surface area contributed by atoms with Crippen LogP contribution in [0.25, 0.3) is 0 Å². The SMILES string of the molecule is N#Cc1cccc(S(=O)(=O)N2CCN(C(=O)c3cccc(Cl)c3)CC2)c1. The third kappa shape index (κ3) is 3.73. The van der Waals surface area contributed by atoms with Crippen LogP contribution in [0.1, 0.15) is 15.9 Å². The number of rotatable bonds is 3. The quantitative estimate of drug-likeness (QED) is 0.806. The van der Waals surface area contributed by atoms with E-state index in [1.165, 1.54) is 16.4 Å². The van der Waals surface area contributed by atoms with Crippen LogP contribution >= 0.6 is 11.6 Å². The van der Waals surface area contributed by atoms with Crippen molar-refractivity contribution >= 4 is 27.5 Å². The molecular weight excluding hydrogens is 374 g/mol. The highest BCUT2D eigenvalue weighted by molar-refractivity contribution is 7.89. The molecule has 0 saturated carbocycles. The van der Waals surface area contributed by atoms with Gasteiger partial charge in [-0.15, -0.1) is 0 Å². The lowest BCUT2D eigenvalue weighted by Gasteiger charge is -2.34. The number of carbonyl (C=O) groups excluding carboxylic acids is 1. The first-order chi connectivity index (χ1) is 12.4. The third-order valence-corrected chi connectivity index (χ3v) is 6.33. The van der Waals surface area contributed by atoms with E-state index in [4.69, 9.17) is 16.9 Å². The van der Waals surface area contributed by atoms with Crippen molar-refractivity contribution in [3.8, 4) is 6.07 Å². The third-order valence-electron chi connectivity index (χ3n) is 4.20. The van der Waals surface area contributed by atoms with Crippen LogP contribution in [0, 0.1) is 11.3 Å². The van der Waals surface area contributed by atoms with Gasteiger partial charge in [0.15, 0.2) is 0 Å². The van der Waals surface area contributed by atoms with Gasteiger partial charge in [0.1, 0.15) is 0 Å². The van der Waals surface area contributed by atoms with Gasteiger partial charge in [0, 0.05) is 36.8 Å². The van der Waals surface area contributed by atoms with E-state index >= 15 is 0 Å². The highest BCUT2D eigenvalue weighted by Crippen LogP contribution is 2.20. The summed E-state index contributed by atoms with van der Waals surface area (Å²) >= 11 is 5.92. The topological polar surface area (TPSA) is 81.5 Å². The van der Waals surface area contributed by atoms with Crippen molar-refractivity contribution in [3.63, 3.8) is 0 Å². The summed E-state index contributed by atoms with van der Waals surface area (Å²) < 4.78 is 26.8. The summed E-state index contributed by atoms with van der Waals surface area (Å²) in [6.45, 7) is 0.988. The predicted octanol–water partition coefficient (Wildman–Crippen LogP) is 2.36. The Hall–Kier alpha value is -2.40. The first-order valence-electron chi connectivity index (χ1n) is 7.97. The van der Waals surface area contributed by atoms with Crippen LogP contribution in [0.15, 0.2) is 53.4 Å². The lowest BCUT2D eigenvalue weighted by molar-refractivity contribution is 0.0698. The van der Waals surface area contributed by atoms with Gasteiger partial charge in [-0.25, -0.2) is 8.42 Å². The number of piperazine rings is 1. The van der Waals surface area contributed by atoms with Gasteiger partial charge < -0.3 is 4.90 Å². The van der Waals surface area contributed by atoms with E-state index < -0.39 is 10.0 Å². The number of nitrogens with zero attached hydrogens (tertiary/aromatic N) is 3. The van der Waals surface area contributed by atoms with Crippen LogP contribution in [0.5, 0.6) is 0 Å². The Labute approximate surface area is 157 Å². The molecule has 2 aromatic rings. The van der Waals surface area contributed by atoms with E-state index in [0.29, 0.717) is 29.2 Å². The molecule has 0 N–H and O–H groups in total. The second kappa shape index (κ2) is 7.46. The number of hydrogen-bond donors (Lipinski definition) is 0. The van der Waals surface area contributed by atoms with Crippen LogP contribution in [0.4, 0.5) is 0 Å². The van der Waals surface area contributed by atoms with Crippen molar-refractivity contribution in [3.05, 3.63) is 64.7 Å². The number of sulfonamides is 1. The van der Waals surface area contributed by atoms with Gasteiger partial charge in [-0.2, -0.15) is 9.57 Å². The molecular formula is C18H16ClN3O3S. The van der Waals surface area contributed by atoms with Gasteiger partial charge >= 0.3 is 0 Å². The van der Waals surface area contributed by atoms with Gasteiger partial charge in [-0.1, -0.05) is 23.7 Å². The number of nitriles is 1. The maximum atomic E-state index is 12.7. The summed E-state index contributed by atoms with van der Waals surface area (Å²) in [5.74, 6) is -0.170. The van der Waals surface area contributed by atoms with Crippen LogP contribution in [-0.4, -0.2) is 49.7 Å². The van der Waals surface area contributed by atoms with E-state index in [1.54, 1.807) is 41.3 Å². The van der Waals surface area contributed by atoms with E-state index in [2.05, 4.69) is 0 Å². The molecule has 26 heavy (non-hydrogen) atoms. The molecule has 8 heteroatoms. The molecule has 0 radical (unpaired) electrons. The molecule has 0 bridgehead atoms. The minimum absolute atomic E-state index is 0.0890. The largest absolute Gasteiger partial charge is 0.336 e. The molecule has 0 aliphatic carbocycles. The Morgan fingerprint density at radius 2 is 1.73 bits per heavy atom. The van der Waals surface area contributed by atoms with Gasteiger partial charge in [0.2, 0.25) is 10.0 Å². The molecule has 0 aromatic heterocycles. The molecule has 134 valence electrons. The van der Waals surface area contributed by atoms with Crippen LogP contribution in [0.3, 0.4) is 0 Å². The van der Waals surface area contributed by atoms with Crippen molar-refractivity contribution in [1.29, 1.82) is 5.26 Å². The molecule has 1 heterocycles. The Morgan fingerprint density at radius 1 is 1.04 bits per heavy atom. The van der Waals surface area contributed by atoms with Gasteiger partial charge in [-0.3, -0.25) is 4.79 Å². The zero-order valence-corrected chi connectivity index (χ0v) is 15.4. The molecule has 1 aliphatic rings. The fourth-order valence-corrected chi connectivity index (χ4v) is 4.47. The number of halogens is 1. The summed E-state index contributed by atoms with van der Waals surface area (Å²) in [5, 5.41) is 9.43. The Bertz CT molecular complexity index is 977. The Kier molecular flexibility index (Phi) is 5.28. The van der Waals surface area contributed by atoms with Crippen molar-refractivity contribution in [2.45, 2.75) is 4.90 Å². The molecule has 0 unspecified atom stereocenters. The minimum Gasteiger partial charge on any atom is -0.336 e. The van der Waals surface area contributed by atoms with Crippen molar-refractivity contribution in [2.24, 2.45) is 0 Å². The second-order valence-electron chi connectivity index (χ2n) is 5.85. The average Bonchev–Trinajstić information content (AvgIpc) is 2.67. The first-order valence-corrected chi connectivity index (χ1v) is 9.79. The maximum absolute atomic E-state index is 12.7. The fraction of sp³-hybridized carbons (Fsp3) is 0.222. The van der Waals surface area contributed by atoms with E-state index in [-0.39, 0.29) is 23.9 Å². The van der Waals surface area contributed by atoms with Crippen molar-refractivity contribution in [1.82, 2.24) is 9.21 Å². The van der Waals surface area contributed by atoms with Crippen LogP contribution in [0.2, 0.25) is 5.02 Å². The molecule has 1 fully saturated rings. The summed E-state index contributed by atoms with van der Waals surface area (Å²) in [7, 11) is -3.69. The minimum atomic E-state index is -3.69. The molecule has 1 saturated heterocycles. The lowest BCUT2D eigenvalue weighted by Crippen LogP contribution is -2.50. The summed E-state index contributed by atoms with van der Waals surface area (Å²) in [6, 6.07) is 14.6. The summed E-state index contributed by atoms with van der Waals surface area (Å²) in [4.78, 5) is 14.2. The van der Waals surface area contributed by atoms with Crippen LogP contribution < -0.4 is 0 Å². The summed E-state index contributed by atoms with van der Waals surface area (Å²) in [5.41, 5.74) is 0.774. The highest BCUT2D eigenvalue weighted by Gasteiger charge is 2.30. The normalized spacial score (nSPS) is 15.5. The second-order valence-corrected chi connectivity index (χ2v) is 8.22. The first kappa shape index (κ1) is 18.4. The van der Waals surface area contributed by atoms with Crippen molar-refractivity contribution < 1.29 is 13.2 Å². The number of amides is 1. The molecule has 0 atom stereocenters. The molecule has 6 nitrogen and oxygen atoms in total. The monoisotopic (exact) mass is 389 g/mol. The van der Waals surface area contributed by atoms with Crippen molar-refractivity contribution in [2.75, 3.05) is 26.2 Å². The lowest BCUT2D eigenvalue weighted by atomic mass is 10.2. The van der Waals surface area contributed by atoms with Gasteiger partial charge in [0.05, 0.1) is 16.5 Å².